The Kier molecular flexibility index (Phi) is 5.13. The molecule has 1 saturated heterocycles. The standard InChI is InChI=1S/C16H24N2O4S/c1-16(2,20)12-17-7-9-18(10-8-17)15(19)13-5-4-6-14(11-13)23(3,21)22/h4-6,11,20H,7-10,12H2,1-3H3. The molecule has 0 aromatic heterocycles. The van der Waals surface area contributed by atoms with Crippen molar-refractivity contribution in [1.29, 1.82) is 0 Å². The van der Waals surface area contributed by atoms with Gasteiger partial charge in [0.05, 0.1) is 10.5 Å². The minimum absolute atomic E-state index is 0.154. The molecule has 1 aliphatic heterocycles. The largest absolute Gasteiger partial charge is 0.389 e. The molecule has 7 heteroatoms. The number of nitrogens with zero attached hydrogens (tertiary/aromatic N) is 2. The molecule has 0 atom stereocenters. The quantitative estimate of drug-likeness (QED) is 0.869. The van der Waals surface area contributed by atoms with Crippen molar-refractivity contribution >= 4 is 15.7 Å². The van der Waals surface area contributed by atoms with Gasteiger partial charge in [0, 0.05) is 44.5 Å². The molecule has 0 bridgehead atoms. The summed E-state index contributed by atoms with van der Waals surface area (Å²) in [6.45, 7) is 6.63. The van der Waals surface area contributed by atoms with Crippen LogP contribution in [0, 0.1) is 0 Å². The van der Waals surface area contributed by atoms with Gasteiger partial charge in [-0.1, -0.05) is 6.07 Å². The number of rotatable bonds is 4. The van der Waals surface area contributed by atoms with E-state index in [1.165, 1.54) is 12.1 Å². The van der Waals surface area contributed by atoms with E-state index in [-0.39, 0.29) is 10.8 Å². The Hall–Kier alpha value is -1.44. The fourth-order valence-electron chi connectivity index (χ4n) is 2.70. The molecular formula is C16H24N2O4S. The summed E-state index contributed by atoms with van der Waals surface area (Å²) in [5.41, 5.74) is -0.362. The third-order valence-electron chi connectivity index (χ3n) is 3.78. The van der Waals surface area contributed by atoms with Gasteiger partial charge >= 0.3 is 0 Å². The molecule has 0 spiro atoms. The number of sulfone groups is 1. The molecule has 2 rings (SSSR count). The molecule has 0 unspecified atom stereocenters. The molecule has 0 saturated carbocycles. The lowest BCUT2D eigenvalue weighted by molar-refractivity contribution is 0.0178. The van der Waals surface area contributed by atoms with Gasteiger partial charge in [0.15, 0.2) is 9.84 Å². The Balaban J connectivity index is 2.03. The summed E-state index contributed by atoms with van der Waals surface area (Å²) in [6, 6.07) is 6.16. The van der Waals surface area contributed by atoms with Crippen molar-refractivity contribution in [1.82, 2.24) is 9.80 Å². The highest BCUT2D eigenvalue weighted by Gasteiger charge is 2.25. The fourth-order valence-corrected chi connectivity index (χ4v) is 3.37. The Bertz CT molecular complexity index is 672. The summed E-state index contributed by atoms with van der Waals surface area (Å²) in [5.74, 6) is -0.154. The van der Waals surface area contributed by atoms with Crippen LogP contribution >= 0.6 is 0 Å². The molecule has 128 valence electrons. The van der Waals surface area contributed by atoms with Crippen molar-refractivity contribution in [2.45, 2.75) is 24.3 Å². The molecule has 1 fully saturated rings. The first-order chi connectivity index (χ1) is 10.6. The number of piperazine rings is 1. The van der Waals surface area contributed by atoms with Crippen LogP contribution in [0.1, 0.15) is 24.2 Å². The normalized spacial score (nSPS) is 17.3. The van der Waals surface area contributed by atoms with Crippen molar-refractivity contribution in [2.24, 2.45) is 0 Å². The summed E-state index contributed by atoms with van der Waals surface area (Å²) in [6.07, 6.45) is 1.13. The van der Waals surface area contributed by atoms with Gasteiger partial charge in [0.2, 0.25) is 0 Å². The van der Waals surface area contributed by atoms with Gasteiger partial charge in [-0.15, -0.1) is 0 Å². The number of hydrogen-bond acceptors (Lipinski definition) is 5. The Morgan fingerprint density at radius 1 is 1.22 bits per heavy atom. The van der Waals surface area contributed by atoms with Crippen molar-refractivity contribution in [2.75, 3.05) is 39.0 Å². The van der Waals surface area contributed by atoms with E-state index in [0.29, 0.717) is 38.3 Å². The van der Waals surface area contributed by atoms with Crippen molar-refractivity contribution in [3.63, 3.8) is 0 Å². The zero-order chi connectivity index (χ0) is 17.3. The minimum Gasteiger partial charge on any atom is -0.389 e. The van der Waals surface area contributed by atoms with Crippen LogP contribution in [0.3, 0.4) is 0 Å². The summed E-state index contributed by atoms with van der Waals surface area (Å²) < 4.78 is 23.2. The van der Waals surface area contributed by atoms with Gasteiger partial charge in [-0.3, -0.25) is 9.69 Å². The summed E-state index contributed by atoms with van der Waals surface area (Å²) >= 11 is 0. The third-order valence-corrected chi connectivity index (χ3v) is 4.89. The van der Waals surface area contributed by atoms with Crippen molar-refractivity contribution < 1.29 is 18.3 Å². The van der Waals surface area contributed by atoms with Crippen LogP contribution in [-0.4, -0.2) is 73.8 Å². The molecule has 0 radical (unpaired) electrons. The molecule has 23 heavy (non-hydrogen) atoms. The molecule has 0 aliphatic carbocycles. The molecule has 1 aromatic carbocycles. The first-order valence-corrected chi connectivity index (χ1v) is 9.49. The second-order valence-electron chi connectivity index (χ2n) is 6.68. The number of aliphatic hydroxyl groups is 1. The Labute approximate surface area is 137 Å². The van der Waals surface area contributed by atoms with Crippen LogP contribution in [-0.2, 0) is 9.84 Å². The predicted molar refractivity (Wildman–Crippen MR) is 88.2 cm³/mol. The maximum Gasteiger partial charge on any atom is 0.253 e. The minimum atomic E-state index is -3.33. The second kappa shape index (κ2) is 6.59. The SMILES string of the molecule is CC(C)(O)CN1CCN(C(=O)c2cccc(S(C)(=O)=O)c2)CC1. The van der Waals surface area contributed by atoms with Gasteiger partial charge in [-0.2, -0.15) is 0 Å². The number of carbonyl (C=O) groups excluding carboxylic acids is 1. The van der Waals surface area contributed by atoms with Gasteiger partial charge in [-0.25, -0.2) is 8.42 Å². The van der Waals surface area contributed by atoms with Crippen LogP contribution in [0.15, 0.2) is 29.2 Å². The van der Waals surface area contributed by atoms with Crippen LogP contribution in [0.25, 0.3) is 0 Å². The monoisotopic (exact) mass is 340 g/mol. The highest BCUT2D eigenvalue weighted by atomic mass is 32.2. The van der Waals surface area contributed by atoms with Crippen LogP contribution in [0.4, 0.5) is 0 Å². The lowest BCUT2D eigenvalue weighted by Crippen LogP contribution is -2.52. The zero-order valence-corrected chi connectivity index (χ0v) is 14.6. The number of carbonyl (C=O) groups is 1. The van der Waals surface area contributed by atoms with E-state index >= 15 is 0 Å². The summed E-state index contributed by atoms with van der Waals surface area (Å²) in [4.78, 5) is 16.5. The molecule has 6 nitrogen and oxygen atoms in total. The Morgan fingerprint density at radius 3 is 2.35 bits per heavy atom. The highest BCUT2D eigenvalue weighted by molar-refractivity contribution is 7.90. The molecule has 1 aromatic rings. The average Bonchev–Trinajstić information content (AvgIpc) is 2.45. The average molecular weight is 340 g/mol. The van der Waals surface area contributed by atoms with E-state index < -0.39 is 15.4 Å². The van der Waals surface area contributed by atoms with Gasteiger partial charge in [-0.05, 0) is 32.0 Å². The molecule has 1 heterocycles. The first kappa shape index (κ1) is 17.9. The molecule has 1 aliphatic rings. The molecule has 1 amide bonds. The maximum atomic E-state index is 12.5. The topological polar surface area (TPSA) is 77.9 Å². The molecule has 1 N–H and O–H groups in total. The van der Waals surface area contributed by atoms with Crippen molar-refractivity contribution in [3.8, 4) is 0 Å². The summed E-state index contributed by atoms with van der Waals surface area (Å²) in [5, 5.41) is 9.85. The first-order valence-electron chi connectivity index (χ1n) is 7.60. The van der Waals surface area contributed by atoms with Crippen molar-refractivity contribution in [3.05, 3.63) is 29.8 Å². The lowest BCUT2D eigenvalue weighted by Gasteiger charge is -2.37. The van der Waals surface area contributed by atoms with E-state index in [1.54, 1.807) is 30.9 Å². The number of β-amino-alcohol motifs (C(OH)–C–C–N with tert-alkyl or cyclic N) is 1. The molecular weight excluding hydrogens is 316 g/mol. The van der Waals surface area contributed by atoms with Crippen LogP contribution in [0.5, 0.6) is 0 Å². The Morgan fingerprint density at radius 2 is 1.83 bits per heavy atom. The van der Waals surface area contributed by atoms with Gasteiger partial charge in [0.25, 0.3) is 5.91 Å². The number of amides is 1. The van der Waals surface area contributed by atoms with E-state index in [1.807, 2.05) is 0 Å². The number of benzene rings is 1. The fraction of sp³-hybridized carbons (Fsp3) is 0.562. The second-order valence-corrected chi connectivity index (χ2v) is 8.70. The van der Waals surface area contributed by atoms with E-state index in [0.717, 1.165) is 6.26 Å². The maximum absolute atomic E-state index is 12.5. The third kappa shape index (κ3) is 5.02. The number of hydrogen-bond donors (Lipinski definition) is 1. The highest BCUT2D eigenvalue weighted by Crippen LogP contribution is 2.15. The van der Waals surface area contributed by atoms with Crippen LogP contribution < -0.4 is 0 Å². The predicted octanol–water partition coefficient (Wildman–Crippen LogP) is 0.619. The summed E-state index contributed by atoms with van der Waals surface area (Å²) in [7, 11) is -3.33. The van der Waals surface area contributed by atoms with E-state index in [9.17, 15) is 18.3 Å². The smallest absolute Gasteiger partial charge is 0.253 e. The lowest BCUT2D eigenvalue weighted by atomic mass is 10.1. The van der Waals surface area contributed by atoms with E-state index in [2.05, 4.69) is 4.90 Å². The zero-order valence-electron chi connectivity index (χ0n) is 13.8. The van der Waals surface area contributed by atoms with E-state index in [4.69, 9.17) is 0 Å². The van der Waals surface area contributed by atoms with Gasteiger partial charge < -0.3 is 10.0 Å². The van der Waals surface area contributed by atoms with Gasteiger partial charge in [0.1, 0.15) is 0 Å². The van der Waals surface area contributed by atoms with Crippen LogP contribution in [0.2, 0.25) is 0 Å².